The molecule has 3 rings (SSSR count). The molecule has 0 saturated heterocycles. The van der Waals surface area contributed by atoms with E-state index in [9.17, 15) is 14.0 Å². The van der Waals surface area contributed by atoms with E-state index in [1.54, 1.807) is 28.9 Å². The minimum absolute atomic E-state index is 0.0714. The monoisotopic (exact) mass is 345 g/mol. The van der Waals surface area contributed by atoms with E-state index in [2.05, 4.69) is 10.4 Å². The van der Waals surface area contributed by atoms with Crippen LogP contribution in [0.5, 0.6) is 0 Å². The van der Waals surface area contributed by atoms with Crippen LogP contribution in [0.2, 0.25) is 5.02 Å². The molecule has 0 aliphatic rings. The van der Waals surface area contributed by atoms with Crippen molar-refractivity contribution in [2.75, 3.05) is 5.32 Å². The summed E-state index contributed by atoms with van der Waals surface area (Å²) in [7, 11) is 0. The van der Waals surface area contributed by atoms with Crippen LogP contribution in [-0.4, -0.2) is 15.7 Å². The predicted molar refractivity (Wildman–Crippen MR) is 90.7 cm³/mol. The summed E-state index contributed by atoms with van der Waals surface area (Å²) in [5.41, 5.74) is 0.548. The third kappa shape index (κ3) is 3.44. The third-order valence-electron chi connectivity index (χ3n) is 3.52. The molecule has 0 aliphatic carbocycles. The number of hydrogen-bond donors (Lipinski definition) is 1. The summed E-state index contributed by atoms with van der Waals surface area (Å²) in [5, 5.41) is 7.34. The molecule has 0 spiro atoms. The number of carbonyl (C=O) groups is 1. The van der Waals surface area contributed by atoms with Crippen molar-refractivity contribution in [3.05, 3.63) is 69.7 Å². The number of nitrogens with one attached hydrogen (secondary N) is 1. The van der Waals surface area contributed by atoms with Gasteiger partial charge in [0.2, 0.25) is 11.3 Å². The zero-order chi connectivity index (χ0) is 17.1. The van der Waals surface area contributed by atoms with E-state index in [0.29, 0.717) is 10.9 Å². The summed E-state index contributed by atoms with van der Waals surface area (Å²) >= 11 is 5.67. The average Bonchev–Trinajstić information content (AvgIpc) is 2.57. The Morgan fingerprint density at radius 2 is 2.04 bits per heavy atom. The molecular formula is C17H13ClFN3O2. The number of aromatic nitrogens is 2. The molecule has 2 aromatic carbocycles. The van der Waals surface area contributed by atoms with Crippen LogP contribution >= 0.6 is 11.6 Å². The van der Waals surface area contributed by atoms with Gasteiger partial charge < -0.3 is 5.32 Å². The number of rotatable bonds is 4. The molecule has 0 unspecified atom stereocenters. The van der Waals surface area contributed by atoms with Gasteiger partial charge in [0.1, 0.15) is 5.82 Å². The van der Waals surface area contributed by atoms with E-state index in [-0.39, 0.29) is 35.0 Å². The summed E-state index contributed by atoms with van der Waals surface area (Å²) in [6.45, 7) is 0.266. The molecule has 1 amide bonds. The van der Waals surface area contributed by atoms with Crippen LogP contribution in [-0.2, 0) is 11.3 Å². The summed E-state index contributed by atoms with van der Waals surface area (Å²) < 4.78 is 15.3. The van der Waals surface area contributed by atoms with E-state index in [0.717, 1.165) is 6.07 Å². The molecule has 1 N–H and O–H groups in total. The largest absolute Gasteiger partial charge is 0.324 e. The summed E-state index contributed by atoms with van der Waals surface area (Å²) in [6, 6.07) is 11.1. The first-order valence-electron chi connectivity index (χ1n) is 7.24. The van der Waals surface area contributed by atoms with Gasteiger partial charge >= 0.3 is 0 Å². The second-order valence-corrected chi connectivity index (χ2v) is 5.61. The molecule has 5 nitrogen and oxygen atoms in total. The molecule has 1 aromatic heterocycles. The number of hydrogen-bond acceptors (Lipinski definition) is 3. The van der Waals surface area contributed by atoms with Crippen LogP contribution < -0.4 is 10.7 Å². The number of aryl methyl sites for hydroxylation is 1. The van der Waals surface area contributed by atoms with Gasteiger partial charge in [-0.1, -0.05) is 23.7 Å². The molecule has 1 heterocycles. The van der Waals surface area contributed by atoms with Crippen LogP contribution in [0.3, 0.4) is 0 Å². The van der Waals surface area contributed by atoms with Gasteiger partial charge in [0, 0.05) is 16.8 Å². The normalized spacial score (nSPS) is 10.8. The molecule has 3 aromatic rings. The Kier molecular flexibility index (Phi) is 4.57. The lowest BCUT2D eigenvalue weighted by Gasteiger charge is -2.10. The quantitative estimate of drug-likeness (QED) is 0.789. The van der Waals surface area contributed by atoms with Crippen molar-refractivity contribution >= 4 is 34.1 Å². The number of fused-ring (bicyclic) bond motifs is 1. The lowest BCUT2D eigenvalue weighted by atomic mass is 10.2. The topological polar surface area (TPSA) is 64.0 Å². The maximum Gasteiger partial charge on any atom is 0.226 e. The van der Waals surface area contributed by atoms with Crippen molar-refractivity contribution in [1.82, 2.24) is 9.78 Å². The van der Waals surface area contributed by atoms with Gasteiger partial charge in [-0.15, -0.1) is 0 Å². The highest BCUT2D eigenvalue weighted by atomic mass is 35.5. The molecule has 122 valence electrons. The van der Waals surface area contributed by atoms with Crippen LogP contribution in [0.15, 0.2) is 53.5 Å². The standard InChI is InChI=1S/C17H13ClFN3O2/c18-11-5-6-14(13(19)9-11)21-17(24)7-8-22-15-4-2-1-3-12(15)16(23)10-20-22/h1-6,9-10H,7-8H2,(H,21,24). The molecule has 0 radical (unpaired) electrons. The Bertz CT molecular complexity index is 971. The van der Waals surface area contributed by atoms with Crippen LogP contribution in [0, 0.1) is 5.82 Å². The first-order valence-corrected chi connectivity index (χ1v) is 7.62. The Morgan fingerprint density at radius 3 is 2.83 bits per heavy atom. The number of amides is 1. The summed E-state index contributed by atoms with van der Waals surface area (Å²) in [4.78, 5) is 23.8. The number of para-hydroxylation sites is 1. The first-order chi connectivity index (χ1) is 11.5. The second kappa shape index (κ2) is 6.80. The van der Waals surface area contributed by atoms with Gasteiger partial charge in [0.25, 0.3) is 0 Å². The van der Waals surface area contributed by atoms with Gasteiger partial charge in [0.15, 0.2) is 0 Å². The van der Waals surface area contributed by atoms with E-state index in [1.807, 2.05) is 0 Å². The lowest BCUT2D eigenvalue weighted by molar-refractivity contribution is -0.116. The Balaban J connectivity index is 1.73. The van der Waals surface area contributed by atoms with Crippen LogP contribution in [0.25, 0.3) is 10.9 Å². The predicted octanol–water partition coefficient (Wildman–Crippen LogP) is 3.22. The van der Waals surface area contributed by atoms with Crippen molar-refractivity contribution in [3.63, 3.8) is 0 Å². The zero-order valence-corrected chi connectivity index (χ0v) is 13.3. The molecule has 24 heavy (non-hydrogen) atoms. The maximum atomic E-state index is 13.7. The summed E-state index contributed by atoms with van der Waals surface area (Å²) in [6.07, 6.45) is 1.31. The van der Waals surface area contributed by atoms with Crippen molar-refractivity contribution in [1.29, 1.82) is 0 Å². The highest BCUT2D eigenvalue weighted by Gasteiger charge is 2.09. The Labute approximate surface area is 141 Å². The number of nitrogens with zero attached hydrogens (tertiary/aromatic N) is 2. The first kappa shape index (κ1) is 16.1. The smallest absolute Gasteiger partial charge is 0.226 e. The average molecular weight is 346 g/mol. The van der Waals surface area contributed by atoms with Crippen molar-refractivity contribution in [2.45, 2.75) is 13.0 Å². The summed E-state index contributed by atoms with van der Waals surface area (Å²) in [5.74, 6) is -0.955. The fraction of sp³-hybridized carbons (Fsp3) is 0.118. The zero-order valence-electron chi connectivity index (χ0n) is 12.5. The van der Waals surface area contributed by atoms with E-state index < -0.39 is 5.82 Å². The highest BCUT2D eigenvalue weighted by Crippen LogP contribution is 2.19. The van der Waals surface area contributed by atoms with Crippen molar-refractivity contribution in [3.8, 4) is 0 Å². The minimum Gasteiger partial charge on any atom is -0.324 e. The van der Waals surface area contributed by atoms with Gasteiger partial charge in [-0.2, -0.15) is 5.10 Å². The highest BCUT2D eigenvalue weighted by molar-refractivity contribution is 6.30. The fourth-order valence-electron chi connectivity index (χ4n) is 2.35. The molecule has 0 aliphatic heterocycles. The van der Waals surface area contributed by atoms with Gasteiger partial charge in [0.05, 0.1) is 23.9 Å². The maximum absolute atomic E-state index is 13.7. The molecule has 0 atom stereocenters. The molecule has 7 heteroatoms. The number of anilines is 1. The number of carbonyl (C=O) groups excluding carboxylic acids is 1. The number of benzene rings is 2. The molecule has 0 bridgehead atoms. The molecule has 0 saturated carbocycles. The molecule has 0 fully saturated rings. The lowest BCUT2D eigenvalue weighted by Crippen LogP contribution is -2.18. The van der Waals surface area contributed by atoms with Gasteiger partial charge in [-0.25, -0.2) is 4.39 Å². The second-order valence-electron chi connectivity index (χ2n) is 5.17. The van der Waals surface area contributed by atoms with Crippen molar-refractivity contribution in [2.24, 2.45) is 0 Å². The third-order valence-corrected chi connectivity index (χ3v) is 3.75. The van der Waals surface area contributed by atoms with Crippen LogP contribution in [0.1, 0.15) is 6.42 Å². The van der Waals surface area contributed by atoms with Crippen LogP contribution in [0.4, 0.5) is 10.1 Å². The van der Waals surface area contributed by atoms with E-state index >= 15 is 0 Å². The minimum atomic E-state index is -0.595. The fourth-order valence-corrected chi connectivity index (χ4v) is 2.51. The van der Waals surface area contributed by atoms with Crippen molar-refractivity contribution < 1.29 is 9.18 Å². The van der Waals surface area contributed by atoms with E-state index in [4.69, 9.17) is 11.6 Å². The van der Waals surface area contributed by atoms with Gasteiger partial charge in [-0.3, -0.25) is 14.3 Å². The molecular weight excluding hydrogens is 333 g/mol. The number of halogens is 2. The SMILES string of the molecule is O=C(CCn1ncc(=O)c2ccccc21)Nc1ccc(Cl)cc1F. The van der Waals surface area contributed by atoms with Gasteiger partial charge in [-0.05, 0) is 30.3 Å². The Morgan fingerprint density at radius 1 is 1.25 bits per heavy atom. The van der Waals surface area contributed by atoms with E-state index in [1.165, 1.54) is 18.3 Å². The Hall–Kier alpha value is -2.73.